The van der Waals surface area contributed by atoms with E-state index in [1.807, 2.05) is 65.1 Å². The summed E-state index contributed by atoms with van der Waals surface area (Å²) >= 11 is 0. The molecule has 2 aromatic rings. The summed E-state index contributed by atoms with van der Waals surface area (Å²) in [5, 5.41) is 16.1. The molecule has 1 fully saturated rings. The number of rotatable bonds is 7. The molecular weight excluding hydrogens is 460 g/mol. The molecule has 1 saturated heterocycles. The molecule has 0 amide bonds. The van der Waals surface area contributed by atoms with Gasteiger partial charge in [-0.1, -0.05) is 12.1 Å². The molecule has 3 rings (SSSR count). The Kier molecular flexibility index (Phi) is 10.6. The zero-order valence-corrected chi connectivity index (χ0v) is 21.9. The zero-order chi connectivity index (χ0) is 26.7. The predicted molar refractivity (Wildman–Crippen MR) is 138 cm³/mol. The van der Waals surface area contributed by atoms with E-state index in [-0.39, 0.29) is 28.7 Å². The van der Waals surface area contributed by atoms with Crippen molar-refractivity contribution in [2.24, 2.45) is 0 Å². The number of benzene rings is 1. The molecule has 0 bridgehead atoms. The van der Waals surface area contributed by atoms with Crippen molar-refractivity contribution in [1.29, 1.82) is 5.26 Å². The number of aromatic nitrogens is 2. The standard InChI is InChI=1S/C21H26N6O2.C5H10O2/c1-14-7-6-8-15(11-14)24-19-18(20(28)29-3)17(12-22)25-21(26-19)27-10-5-4-9-16(27)13-23-2;1-5(2,3)7-4-6/h6-8,11,16,23H,4-5,9-10,13H2,1-3H3,(H,24,25,26);4H,1-3H3. The van der Waals surface area contributed by atoms with Crippen molar-refractivity contribution < 1.29 is 19.1 Å². The highest BCUT2D eigenvalue weighted by Gasteiger charge is 2.28. The summed E-state index contributed by atoms with van der Waals surface area (Å²) in [6, 6.07) is 9.99. The summed E-state index contributed by atoms with van der Waals surface area (Å²) < 4.78 is 9.44. The Morgan fingerprint density at radius 1 is 1.31 bits per heavy atom. The number of methoxy groups -OCH3 is 1. The highest BCUT2D eigenvalue weighted by Crippen LogP contribution is 2.28. The van der Waals surface area contributed by atoms with Crippen molar-refractivity contribution in [2.45, 2.75) is 58.6 Å². The summed E-state index contributed by atoms with van der Waals surface area (Å²) in [6.45, 7) is 9.50. The molecule has 194 valence electrons. The van der Waals surface area contributed by atoms with E-state index in [1.165, 1.54) is 7.11 Å². The Morgan fingerprint density at radius 3 is 2.61 bits per heavy atom. The molecule has 0 aliphatic carbocycles. The molecule has 1 atom stereocenters. The number of esters is 1. The van der Waals surface area contributed by atoms with Crippen LogP contribution in [0.25, 0.3) is 0 Å². The molecule has 0 radical (unpaired) electrons. The second kappa shape index (κ2) is 13.4. The van der Waals surface area contributed by atoms with Crippen molar-refractivity contribution in [3.8, 4) is 6.07 Å². The largest absolute Gasteiger partial charge is 0.465 e. The summed E-state index contributed by atoms with van der Waals surface area (Å²) in [4.78, 5) is 33.2. The van der Waals surface area contributed by atoms with Gasteiger partial charge in [0.15, 0.2) is 11.5 Å². The molecule has 10 heteroatoms. The van der Waals surface area contributed by atoms with Gasteiger partial charge in [0, 0.05) is 24.8 Å². The fourth-order valence-electron chi connectivity index (χ4n) is 3.76. The Hall–Kier alpha value is -3.71. The molecule has 0 saturated carbocycles. The van der Waals surface area contributed by atoms with Crippen LogP contribution >= 0.6 is 0 Å². The van der Waals surface area contributed by atoms with Crippen LogP contribution < -0.4 is 15.5 Å². The van der Waals surface area contributed by atoms with E-state index in [2.05, 4.69) is 30.2 Å². The third-order valence-corrected chi connectivity index (χ3v) is 5.40. The maximum Gasteiger partial charge on any atom is 0.344 e. The van der Waals surface area contributed by atoms with E-state index in [0.717, 1.165) is 43.6 Å². The van der Waals surface area contributed by atoms with Crippen molar-refractivity contribution >= 4 is 29.9 Å². The van der Waals surface area contributed by atoms with Gasteiger partial charge >= 0.3 is 5.97 Å². The SMILES string of the molecule is CC(C)(C)OC=O.CNCC1CCCCN1c1nc(C#N)c(C(=O)OC)c(Nc2cccc(C)c2)n1. The van der Waals surface area contributed by atoms with Gasteiger partial charge in [0.25, 0.3) is 6.47 Å². The van der Waals surface area contributed by atoms with Crippen molar-refractivity contribution in [1.82, 2.24) is 15.3 Å². The van der Waals surface area contributed by atoms with Gasteiger partial charge in [0.1, 0.15) is 17.2 Å². The number of aryl methyl sites for hydroxylation is 1. The lowest BCUT2D eigenvalue weighted by atomic mass is 10.0. The topological polar surface area (TPSA) is 129 Å². The van der Waals surface area contributed by atoms with Gasteiger partial charge in [0.2, 0.25) is 5.95 Å². The average molecular weight is 497 g/mol. The number of nitrogens with one attached hydrogen (secondary N) is 2. The number of ether oxygens (including phenoxy) is 2. The zero-order valence-electron chi connectivity index (χ0n) is 21.9. The number of hydrogen-bond donors (Lipinski definition) is 2. The molecule has 1 aliphatic heterocycles. The van der Waals surface area contributed by atoms with Crippen LogP contribution in [0.15, 0.2) is 24.3 Å². The number of piperidine rings is 1. The predicted octanol–water partition coefficient (Wildman–Crippen LogP) is 3.72. The fourth-order valence-corrected chi connectivity index (χ4v) is 3.76. The number of nitriles is 1. The number of carbonyl (C=O) groups excluding carboxylic acids is 2. The molecule has 0 spiro atoms. The first-order valence-electron chi connectivity index (χ1n) is 11.9. The molecular formula is C26H36N6O4. The first-order chi connectivity index (χ1) is 17.1. The molecule has 2 N–H and O–H groups in total. The van der Waals surface area contributed by atoms with Crippen LogP contribution in [0.2, 0.25) is 0 Å². The van der Waals surface area contributed by atoms with Gasteiger partial charge in [-0.3, -0.25) is 4.79 Å². The second-order valence-electron chi connectivity index (χ2n) is 9.42. The summed E-state index contributed by atoms with van der Waals surface area (Å²) in [5.74, 6) is 0.0794. The van der Waals surface area contributed by atoms with Crippen LogP contribution in [0, 0.1) is 18.3 Å². The lowest BCUT2D eigenvalue weighted by molar-refractivity contribution is -0.138. The van der Waals surface area contributed by atoms with E-state index in [0.29, 0.717) is 12.4 Å². The van der Waals surface area contributed by atoms with Gasteiger partial charge < -0.3 is 25.0 Å². The normalized spacial score (nSPS) is 15.1. The number of nitrogens with zero attached hydrogens (tertiary/aromatic N) is 4. The lowest BCUT2D eigenvalue weighted by Crippen LogP contribution is -2.46. The maximum absolute atomic E-state index is 12.4. The molecule has 1 unspecified atom stereocenters. The van der Waals surface area contributed by atoms with Crippen LogP contribution in [0.4, 0.5) is 17.5 Å². The number of anilines is 3. The van der Waals surface area contributed by atoms with E-state index in [4.69, 9.17) is 4.74 Å². The lowest BCUT2D eigenvalue weighted by Gasteiger charge is -2.36. The summed E-state index contributed by atoms with van der Waals surface area (Å²) in [6.07, 6.45) is 3.19. The van der Waals surface area contributed by atoms with Gasteiger partial charge in [-0.2, -0.15) is 10.2 Å². The number of hydrogen-bond acceptors (Lipinski definition) is 10. The minimum Gasteiger partial charge on any atom is -0.465 e. The van der Waals surface area contributed by atoms with Crippen molar-refractivity contribution in [2.75, 3.05) is 37.5 Å². The van der Waals surface area contributed by atoms with Crippen LogP contribution in [0.1, 0.15) is 61.6 Å². The molecule has 1 aromatic carbocycles. The van der Waals surface area contributed by atoms with E-state index >= 15 is 0 Å². The highest BCUT2D eigenvalue weighted by atomic mass is 16.5. The minimum absolute atomic E-state index is 0.00536. The fraction of sp³-hybridized carbons (Fsp3) is 0.500. The van der Waals surface area contributed by atoms with E-state index in [9.17, 15) is 14.9 Å². The van der Waals surface area contributed by atoms with Crippen LogP contribution in [0.3, 0.4) is 0 Å². The van der Waals surface area contributed by atoms with Crippen molar-refractivity contribution in [3.63, 3.8) is 0 Å². The third-order valence-electron chi connectivity index (χ3n) is 5.40. The summed E-state index contributed by atoms with van der Waals surface area (Å²) in [5.41, 5.74) is 1.57. The molecule has 1 aromatic heterocycles. The van der Waals surface area contributed by atoms with Crippen LogP contribution in [-0.4, -0.2) is 61.3 Å². The van der Waals surface area contributed by atoms with Gasteiger partial charge in [0.05, 0.1) is 7.11 Å². The van der Waals surface area contributed by atoms with Gasteiger partial charge in [-0.05, 0) is 71.7 Å². The summed E-state index contributed by atoms with van der Waals surface area (Å²) in [7, 11) is 3.20. The molecule has 2 heterocycles. The number of carbonyl (C=O) groups is 2. The average Bonchev–Trinajstić information content (AvgIpc) is 2.83. The Labute approximate surface area is 213 Å². The highest BCUT2D eigenvalue weighted by molar-refractivity contribution is 5.97. The van der Waals surface area contributed by atoms with E-state index in [1.54, 1.807) is 0 Å². The van der Waals surface area contributed by atoms with E-state index < -0.39 is 5.97 Å². The van der Waals surface area contributed by atoms with Gasteiger partial charge in [-0.15, -0.1) is 0 Å². The van der Waals surface area contributed by atoms with Crippen LogP contribution in [0.5, 0.6) is 0 Å². The minimum atomic E-state index is -0.645. The number of likely N-dealkylation sites (N-methyl/N-ethyl adjacent to an activating group) is 1. The monoisotopic (exact) mass is 496 g/mol. The Bertz CT molecular complexity index is 1080. The Balaban J connectivity index is 0.000000572. The van der Waals surface area contributed by atoms with Crippen molar-refractivity contribution in [3.05, 3.63) is 41.1 Å². The first-order valence-corrected chi connectivity index (χ1v) is 11.9. The Morgan fingerprint density at radius 2 is 2.06 bits per heavy atom. The smallest absolute Gasteiger partial charge is 0.344 e. The molecule has 10 nitrogen and oxygen atoms in total. The maximum atomic E-state index is 12.4. The first kappa shape index (κ1) is 28.5. The second-order valence-corrected chi connectivity index (χ2v) is 9.42. The third kappa shape index (κ3) is 8.20. The molecule has 36 heavy (non-hydrogen) atoms. The quantitative estimate of drug-likeness (QED) is 0.432. The van der Waals surface area contributed by atoms with Crippen LogP contribution in [-0.2, 0) is 14.3 Å². The van der Waals surface area contributed by atoms with Gasteiger partial charge in [-0.25, -0.2) is 9.78 Å². The molecule has 1 aliphatic rings.